The van der Waals surface area contributed by atoms with Gasteiger partial charge >= 0.3 is 0 Å². The molecule has 0 radical (unpaired) electrons. The summed E-state index contributed by atoms with van der Waals surface area (Å²) in [6.07, 6.45) is 22.8. The van der Waals surface area contributed by atoms with E-state index in [-0.39, 0.29) is 0 Å². The third-order valence-corrected chi connectivity index (χ3v) is 11.0. The van der Waals surface area contributed by atoms with Crippen molar-refractivity contribution in [2.24, 2.45) is 21.1 Å². The van der Waals surface area contributed by atoms with Crippen molar-refractivity contribution in [1.29, 1.82) is 0 Å². The lowest BCUT2D eigenvalue weighted by molar-refractivity contribution is -0.670. The Morgan fingerprint density at radius 2 is 0.927 bits per heavy atom. The Hall–Kier alpha value is -3.66. The lowest BCUT2D eigenvalue weighted by Crippen LogP contribution is -2.23. The highest BCUT2D eigenvalue weighted by molar-refractivity contribution is 8.57. The smallest absolute Gasteiger partial charge is 0.248 e. The van der Waals surface area contributed by atoms with Gasteiger partial charge in [0.15, 0.2) is 0 Å². The van der Waals surface area contributed by atoms with Crippen LogP contribution in [-0.2, 0) is 43.5 Å². The van der Waals surface area contributed by atoms with Crippen molar-refractivity contribution >= 4 is 46.6 Å². The first-order chi connectivity index (χ1) is 19.6. The molecule has 216 valence electrons. The Morgan fingerprint density at radius 1 is 0.634 bits per heavy atom. The predicted molar refractivity (Wildman–Crippen MR) is 167 cm³/mol. The van der Waals surface area contributed by atoms with Crippen LogP contribution in [0.25, 0.3) is 18.6 Å². The molecule has 0 aliphatic carbocycles. The molecule has 5 aromatic rings. The molecule has 0 atom stereocenters. The number of hydrogen-bond donors (Lipinski definition) is 0. The first kappa shape index (κ1) is 33.5. The first-order valence-electron chi connectivity index (χ1n) is 12.4. The lowest BCUT2D eigenvalue weighted by atomic mass is 10.4. The minimum atomic E-state index is -3.86. The van der Waals surface area contributed by atoms with Crippen LogP contribution in [0.2, 0.25) is 0 Å². The van der Waals surface area contributed by atoms with Crippen LogP contribution >= 0.6 is 5.69 Å². The fourth-order valence-corrected chi connectivity index (χ4v) is 8.67. The van der Waals surface area contributed by atoms with Crippen molar-refractivity contribution < 1.29 is 23.5 Å². The van der Waals surface area contributed by atoms with Gasteiger partial charge < -0.3 is 27.7 Å². The molecule has 0 saturated heterocycles. The van der Waals surface area contributed by atoms with E-state index in [2.05, 4.69) is 32.0 Å². The highest BCUT2D eigenvalue weighted by Crippen LogP contribution is 2.37. The normalized spacial score (nSPS) is 10.2. The predicted octanol–water partition coefficient (Wildman–Crippen LogP) is 2.91. The molecule has 0 N–H and O–H groups in total. The van der Waals surface area contributed by atoms with Crippen molar-refractivity contribution in [3.63, 3.8) is 0 Å². The van der Waals surface area contributed by atoms with Crippen molar-refractivity contribution in [2.75, 3.05) is 0 Å². The minimum Gasteiger partial charge on any atom is -0.853 e. The molecule has 11 heteroatoms. The molecule has 0 bridgehead atoms. The highest BCUT2D eigenvalue weighted by atomic mass is 32.9. The summed E-state index contributed by atoms with van der Waals surface area (Å²) < 4.78 is 11.5. The second-order valence-electron chi connectivity index (χ2n) is 8.48. The lowest BCUT2D eigenvalue weighted by Gasteiger charge is -2.53. The summed E-state index contributed by atoms with van der Waals surface area (Å²) in [7, 11) is 4.86. The fourth-order valence-electron chi connectivity index (χ4n) is 3.23. The molecule has 3 heterocycles. The summed E-state index contributed by atoms with van der Waals surface area (Å²) in [5.41, 5.74) is -3.86. The molecule has 3 aromatic heterocycles. The number of aryl methyl sites for hydroxylation is 3. The maximum atomic E-state index is 11.8. The Kier molecular flexibility index (Phi) is 14.1. The van der Waals surface area contributed by atoms with Gasteiger partial charge in [0.2, 0.25) is 19.0 Å². The topological polar surface area (TPSA) is 72.5 Å². The molecule has 41 heavy (non-hydrogen) atoms. The van der Waals surface area contributed by atoms with Crippen LogP contribution in [0.15, 0.2) is 146 Å². The Labute approximate surface area is 250 Å². The molecule has 0 amide bonds. The molecule has 2 aromatic carbocycles. The van der Waals surface area contributed by atoms with Crippen molar-refractivity contribution in [2.45, 2.75) is 9.79 Å². The third-order valence-electron chi connectivity index (χ3n) is 5.16. The summed E-state index contributed by atoms with van der Waals surface area (Å²) in [5, 5.41) is 0. The van der Waals surface area contributed by atoms with Gasteiger partial charge in [-0.1, -0.05) is 56.1 Å². The summed E-state index contributed by atoms with van der Waals surface area (Å²) in [6, 6.07) is 18.2. The molecular weight excluding hydrogens is 571 g/mol. The van der Waals surface area contributed by atoms with E-state index in [9.17, 15) is 9.79 Å². The van der Waals surface area contributed by atoms with E-state index in [4.69, 9.17) is 0 Å². The Bertz CT molecular complexity index is 1420. The van der Waals surface area contributed by atoms with Gasteiger partial charge in [0.1, 0.15) is 37.2 Å². The third kappa shape index (κ3) is 12.2. The number of nitrogens with zero attached hydrogens (tertiary/aromatic N) is 6. The quantitative estimate of drug-likeness (QED) is 0.175. The zero-order chi connectivity index (χ0) is 30.3. The van der Waals surface area contributed by atoms with Crippen LogP contribution in [0.4, 0.5) is 0 Å². The van der Waals surface area contributed by atoms with Gasteiger partial charge in [0.25, 0.3) is 0 Å². The van der Waals surface area contributed by atoms with Crippen LogP contribution in [0.1, 0.15) is 0 Å². The minimum absolute atomic E-state index is 0.743. The fraction of sp³-hybridized carbons (Fsp3) is 0.100. The van der Waals surface area contributed by atoms with E-state index in [1.807, 2.05) is 141 Å². The number of aromatic nitrogens is 6. The average Bonchev–Trinajstić information content (AvgIpc) is 3.71. The van der Waals surface area contributed by atoms with E-state index in [1.165, 1.54) is 0 Å². The number of benzene rings is 2. The molecular formula is C30H37N6O2PS2. The van der Waals surface area contributed by atoms with Gasteiger partial charge in [-0.25, -0.2) is 27.4 Å². The number of hydrogen-bond acceptors (Lipinski definition) is 3. The van der Waals surface area contributed by atoms with Crippen LogP contribution in [0, 0.1) is 0 Å². The molecule has 0 unspecified atom stereocenters. The largest absolute Gasteiger partial charge is 0.853 e. The molecule has 8 nitrogen and oxygen atoms in total. The standard InChI is InChI=1S/C12H10O2PS2.3C6H9N2/c13-15(14,16)17(11-7-3-1-4-8-11)12-9-5-2-6-10-12;3*1-3-8-5-4-7(2)6-8/h1-10H;3*3-6H,1H2,2H3/q-3;3*+1. The average molecular weight is 609 g/mol. The van der Waals surface area contributed by atoms with Crippen molar-refractivity contribution in [1.82, 2.24) is 13.7 Å². The van der Waals surface area contributed by atoms with Crippen LogP contribution in [-0.4, -0.2) is 13.7 Å². The van der Waals surface area contributed by atoms with Crippen molar-refractivity contribution in [3.05, 3.63) is 137 Å². The molecule has 0 aliphatic heterocycles. The van der Waals surface area contributed by atoms with E-state index in [0.717, 1.165) is 9.79 Å². The van der Waals surface area contributed by atoms with Crippen LogP contribution in [0.3, 0.4) is 0 Å². The zero-order valence-corrected chi connectivity index (χ0v) is 26.1. The molecule has 0 saturated carbocycles. The first-order valence-corrected chi connectivity index (χ1v) is 16.9. The summed E-state index contributed by atoms with van der Waals surface area (Å²) >= 11 is 4.68. The SMILES string of the molecule is C=Cn1cc[n+](C)c1.C=Cn1cc[n+](C)c1.C=Cn1cc[n+](C)c1.[O-]P([O-])([S-])=S(c1ccccc1)c1ccccc1. The summed E-state index contributed by atoms with van der Waals surface area (Å²) in [4.78, 5) is 25.1. The van der Waals surface area contributed by atoms with Gasteiger partial charge in [0, 0.05) is 9.79 Å². The van der Waals surface area contributed by atoms with Gasteiger partial charge in [0.05, 0.1) is 39.7 Å². The molecule has 5 rings (SSSR count). The van der Waals surface area contributed by atoms with E-state index >= 15 is 0 Å². The maximum absolute atomic E-state index is 11.8. The van der Waals surface area contributed by atoms with Gasteiger partial charge in [-0.05, 0) is 24.3 Å². The van der Waals surface area contributed by atoms with Crippen LogP contribution < -0.4 is 23.5 Å². The van der Waals surface area contributed by atoms with Crippen LogP contribution in [0.5, 0.6) is 0 Å². The molecule has 0 spiro atoms. The Balaban J connectivity index is 0.000000207. The van der Waals surface area contributed by atoms with Crippen molar-refractivity contribution in [3.8, 4) is 0 Å². The second-order valence-corrected chi connectivity index (χ2v) is 15.6. The van der Waals surface area contributed by atoms with Gasteiger partial charge in [-0.15, -0.1) is 0 Å². The van der Waals surface area contributed by atoms with E-state index in [0.29, 0.717) is 0 Å². The second kappa shape index (κ2) is 17.2. The number of imidazole rings is 3. The summed E-state index contributed by atoms with van der Waals surface area (Å²) in [5.74, 6) is 0. The molecule has 0 fully saturated rings. The monoisotopic (exact) mass is 608 g/mol. The highest BCUT2D eigenvalue weighted by Gasteiger charge is 1.99. The van der Waals surface area contributed by atoms with Gasteiger partial charge in [-0.3, -0.25) is 0 Å². The molecule has 0 aliphatic rings. The zero-order valence-electron chi connectivity index (χ0n) is 23.6. The Morgan fingerprint density at radius 3 is 1.10 bits per heavy atom. The summed E-state index contributed by atoms with van der Waals surface area (Å²) in [6.45, 7) is 10.8. The van der Waals surface area contributed by atoms with E-state index in [1.54, 1.807) is 42.9 Å². The van der Waals surface area contributed by atoms with Gasteiger partial charge in [-0.2, -0.15) is 10.1 Å². The van der Waals surface area contributed by atoms with E-state index < -0.39 is 15.8 Å². The number of rotatable bonds is 5. The maximum Gasteiger partial charge on any atom is 0.248 e.